The second-order valence-electron chi connectivity index (χ2n) is 3.76. The van der Waals surface area contributed by atoms with E-state index in [2.05, 4.69) is 31.0 Å². The summed E-state index contributed by atoms with van der Waals surface area (Å²) in [5, 5.41) is 2.74. The minimum Gasteiger partial charge on any atom is -0.344 e. The van der Waals surface area contributed by atoms with Gasteiger partial charge in [-0.1, -0.05) is 0 Å². The predicted octanol–water partition coefficient (Wildman–Crippen LogP) is 0.810. The summed E-state index contributed by atoms with van der Waals surface area (Å²) in [5.74, 6) is 0.0149. The minimum absolute atomic E-state index is 0.0149. The number of nitrogens with one attached hydrogen (secondary N) is 1. The lowest BCUT2D eigenvalue weighted by atomic mass is 10.1. The Balaban J connectivity index is 3.70. The van der Waals surface area contributed by atoms with Crippen LogP contribution < -0.4 is 5.32 Å². The van der Waals surface area contributed by atoms with E-state index in [1.165, 1.54) is 6.92 Å². The summed E-state index contributed by atoms with van der Waals surface area (Å²) in [4.78, 5) is 12.6. The van der Waals surface area contributed by atoms with E-state index in [9.17, 15) is 4.79 Å². The fraction of sp³-hybridized carbons (Fsp3) is 0.875. The third-order valence-electron chi connectivity index (χ3n) is 1.71. The van der Waals surface area contributed by atoms with Crippen LogP contribution in [0.25, 0.3) is 0 Å². The van der Waals surface area contributed by atoms with Crippen molar-refractivity contribution in [3.05, 3.63) is 0 Å². The van der Waals surface area contributed by atoms with Gasteiger partial charge in [0.15, 0.2) is 0 Å². The maximum atomic E-state index is 10.5. The maximum Gasteiger partial charge on any atom is 0.217 e. The number of nitrogens with zero attached hydrogens (tertiary/aromatic N) is 1. The van der Waals surface area contributed by atoms with E-state index in [-0.39, 0.29) is 11.4 Å². The van der Waals surface area contributed by atoms with Gasteiger partial charge in [0.05, 0.1) is 6.67 Å². The summed E-state index contributed by atoms with van der Waals surface area (Å²) in [6.07, 6.45) is 0. The molecule has 0 aromatic heterocycles. The Bertz CT molecular complexity index is 138. The van der Waals surface area contributed by atoms with E-state index in [1.54, 1.807) is 0 Å². The predicted molar refractivity (Wildman–Crippen MR) is 46.2 cm³/mol. The minimum atomic E-state index is 0.0149. The highest BCUT2D eigenvalue weighted by molar-refractivity contribution is 5.72. The molecule has 0 aromatic rings. The number of hydrogen-bond acceptors (Lipinski definition) is 2. The summed E-state index contributed by atoms with van der Waals surface area (Å²) < 4.78 is 0. The zero-order valence-corrected chi connectivity index (χ0v) is 8.06. The monoisotopic (exact) mass is 158 g/mol. The first-order valence-electron chi connectivity index (χ1n) is 3.79. The van der Waals surface area contributed by atoms with E-state index in [4.69, 9.17) is 0 Å². The molecule has 0 radical (unpaired) electrons. The Morgan fingerprint density at radius 2 is 1.91 bits per heavy atom. The Hall–Kier alpha value is -0.570. The molecule has 1 amide bonds. The molecular weight excluding hydrogens is 140 g/mol. The molecule has 0 bridgehead atoms. The number of carbonyl (C=O) groups excluding carboxylic acids is 1. The van der Waals surface area contributed by atoms with Crippen LogP contribution in [-0.2, 0) is 4.79 Å². The van der Waals surface area contributed by atoms with Gasteiger partial charge in [-0.3, -0.25) is 9.69 Å². The normalized spacial score (nSPS) is 11.8. The van der Waals surface area contributed by atoms with Crippen LogP contribution in [-0.4, -0.2) is 30.1 Å². The molecule has 1 N–H and O–H groups in total. The van der Waals surface area contributed by atoms with Crippen LogP contribution in [0.1, 0.15) is 27.7 Å². The summed E-state index contributed by atoms with van der Waals surface area (Å²) in [6, 6.07) is 0. The van der Waals surface area contributed by atoms with Crippen molar-refractivity contribution in [2.45, 2.75) is 33.2 Å². The number of hydrogen-bond donors (Lipinski definition) is 1. The van der Waals surface area contributed by atoms with E-state index < -0.39 is 0 Å². The quantitative estimate of drug-likeness (QED) is 0.603. The van der Waals surface area contributed by atoms with Gasteiger partial charge in [0.25, 0.3) is 0 Å². The topological polar surface area (TPSA) is 32.3 Å². The van der Waals surface area contributed by atoms with Gasteiger partial charge < -0.3 is 5.32 Å². The molecule has 0 aromatic carbocycles. The lowest BCUT2D eigenvalue weighted by Gasteiger charge is -2.31. The Kier molecular flexibility index (Phi) is 3.52. The molecule has 0 fully saturated rings. The van der Waals surface area contributed by atoms with E-state index in [0.29, 0.717) is 6.67 Å². The van der Waals surface area contributed by atoms with Crippen molar-refractivity contribution in [1.82, 2.24) is 10.2 Å². The second-order valence-corrected chi connectivity index (χ2v) is 3.76. The number of rotatable bonds is 2. The van der Waals surface area contributed by atoms with Gasteiger partial charge in [0, 0.05) is 12.5 Å². The van der Waals surface area contributed by atoms with Gasteiger partial charge in [0.1, 0.15) is 0 Å². The van der Waals surface area contributed by atoms with Crippen molar-refractivity contribution in [2.24, 2.45) is 0 Å². The maximum absolute atomic E-state index is 10.5. The molecule has 0 heterocycles. The third-order valence-corrected chi connectivity index (χ3v) is 1.71. The van der Waals surface area contributed by atoms with Crippen molar-refractivity contribution in [1.29, 1.82) is 0 Å². The molecule has 0 aliphatic rings. The average molecular weight is 158 g/mol. The summed E-state index contributed by atoms with van der Waals surface area (Å²) in [7, 11) is 1.98. The molecule has 3 heteroatoms. The second kappa shape index (κ2) is 3.72. The van der Waals surface area contributed by atoms with Crippen LogP contribution in [0.2, 0.25) is 0 Å². The zero-order valence-electron chi connectivity index (χ0n) is 8.06. The molecule has 3 nitrogen and oxygen atoms in total. The number of carbonyl (C=O) groups is 1. The molecule has 0 unspecified atom stereocenters. The highest BCUT2D eigenvalue weighted by Crippen LogP contribution is 2.07. The van der Waals surface area contributed by atoms with Crippen LogP contribution in [0, 0.1) is 0 Å². The van der Waals surface area contributed by atoms with Crippen LogP contribution in [0.5, 0.6) is 0 Å². The van der Waals surface area contributed by atoms with Gasteiger partial charge in [-0.25, -0.2) is 0 Å². The van der Waals surface area contributed by atoms with E-state index in [1.807, 2.05) is 7.05 Å². The van der Waals surface area contributed by atoms with Gasteiger partial charge in [-0.2, -0.15) is 0 Å². The molecule has 0 saturated carbocycles. The summed E-state index contributed by atoms with van der Waals surface area (Å²) in [6.45, 7) is 8.45. The largest absolute Gasteiger partial charge is 0.344 e. The average Bonchev–Trinajstić information content (AvgIpc) is 1.80. The fourth-order valence-electron chi connectivity index (χ4n) is 0.467. The molecular formula is C8H18N2O. The Labute approximate surface area is 68.8 Å². The molecule has 11 heavy (non-hydrogen) atoms. The van der Waals surface area contributed by atoms with Crippen molar-refractivity contribution in [3.63, 3.8) is 0 Å². The highest BCUT2D eigenvalue weighted by atomic mass is 16.1. The van der Waals surface area contributed by atoms with E-state index in [0.717, 1.165) is 0 Å². The molecule has 0 aliphatic heterocycles. The molecule has 0 saturated heterocycles. The van der Waals surface area contributed by atoms with Gasteiger partial charge >= 0.3 is 0 Å². The lowest BCUT2D eigenvalue weighted by molar-refractivity contribution is -0.119. The zero-order chi connectivity index (χ0) is 9.07. The van der Waals surface area contributed by atoms with Crippen LogP contribution >= 0.6 is 0 Å². The van der Waals surface area contributed by atoms with Crippen molar-refractivity contribution in [2.75, 3.05) is 13.7 Å². The summed E-state index contributed by atoms with van der Waals surface area (Å²) >= 11 is 0. The molecule has 0 atom stereocenters. The molecule has 66 valence electrons. The van der Waals surface area contributed by atoms with Crippen LogP contribution in [0.4, 0.5) is 0 Å². The standard InChI is InChI=1S/C8H18N2O/c1-7(11)9-6-10(5)8(2,3)4/h6H2,1-5H3,(H,9,11). The van der Waals surface area contributed by atoms with Gasteiger partial charge in [0.2, 0.25) is 5.91 Å². The highest BCUT2D eigenvalue weighted by Gasteiger charge is 2.15. The first kappa shape index (κ1) is 10.4. The Morgan fingerprint density at radius 1 is 1.45 bits per heavy atom. The third kappa shape index (κ3) is 4.79. The van der Waals surface area contributed by atoms with Gasteiger partial charge in [-0.15, -0.1) is 0 Å². The van der Waals surface area contributed by atoms with Gasteiger partial charge in [-0.05, 0) is 27.8 Å². The summed E-state index contributed by atoms with van der Waals surface area (Å²) in [5.41, 5.74) is 0.114. The van der Waals surface area contributed by atoms with E-state index >= 15 is 0 Å². The molecule has 0 rings (SSSR count). The van der Waals surface area contributed by atoms with Crippen LogP contribution in [0.15, 0.2) is 0 Å². The smallest absolute Gasteiger partial charge is 0.217 e. The Morgan fingerprint density at radius 3 is 2.18 bits per heavy atom. The van der Waals surface area contributed by atoms with Crippen molar-refractivity contribution >= 4 is 5.91 Å². The first-order valence-corrected chi connectivity index (χ1v) is 3.79. The molecule has 0 aliphatic carbocycles. The lowest BCUT2D eigenvalue weighted by Crippen LogP contribution is -2.44. The first-order chi connectivity index (χ1) is 4.84. The fourth-order valence-corrected chi connectivity index (χ4v) is 0.467. The number of amides is 1. The van der Waals surface area contributed by atoms with Crippen LogP contribution in [0.3, 0.4) is 0 Å². The SMILES string of the molecule is CC(=O)NCN(C)C(C)(C)C. The molecule has 0 spiro atoms. The van der Waals surface area contributed by atoms with Crippen molar-refractivity contribution in [3.8, 4) is 0 Å². The van der Waals surface area contributed by atoms with Crippen molar-refractivity contribution < 1.29 is 4.79 Å².